The van der Waals surface area contributed by atoms with Crippen LogP contribution in [0.15, 0.2) is 36.4 Å². The van der Waals surface area contributed by atoms with Crippen LogP contribution < -0.4 is 5.32 Å². The molecule has 0 spiro atoms. The maximum absolute atomic E-state index is 12.0. The molecule has 1 heterocycles. The Balaban J connectivity index is 2.08. The maximum Gasteiger partial charge on any atom is 0.337 e. The summed E-state index contributed by atoms with van der Waals surface area (Å²) < 4.78 is 4.60. The number of Topliss-reactive ketones (excluding diaryl/α,β-unsaturated/α-hetero) is 1. The van der Waals surface area contributed by atoms with Gasteiger partial charge in [-0.1, -0.05) is 0 Å². The zero-order valence-electron chi connectivity index (χ0n) is 11.5. The second kappa shape index (κ2) is 6.32. The molecule has 21 heavy (non-hydrogen) atoms. The van der Waals surface area contributed by atoms with Gasteiger partial charge in [0.25, 0.3) is 5.91 Å². The molecule has 6 heteroatoms. The van der Waals surface area contributed by atoms with Crippen molar-refractivity contribution in [2.75, 3.05) is 12.4 Å². The van der Waals surface area contributed by atoms with Crippen molar-refractivity contribution in [2.24, 2.45) is 0 Å². The van der Waals surface area contributed by atoms with Crippen molar-refractivity contribution < 1.29 is 19.1 Å². The molecule has 1 aromatic carbocycles. The van der Waals surface area contributed by atoms with Crippen molar-refractivity contribution >= 4 is 34.7 Å². The Hall–Kier alpha value is -2.47. The van der Waals surface area contributed by atoms with Crippen molar-refractivity contribution in [3.05, 3.63) is 51.7 Å². The molecule has 2 aromatic rings. The number of ketones is 1. The van der Waals surface area contributed by atoms with Gasteiger partial charge in [0, 0.05) is 5.69 Å². The lowest BCUT2D eigenvalue weighted by Crippen LogP contribution is -2.10. The third kappa shape index (κ3) is 3.55. The molecule has 1 N–H and O–H groups in total. The summed E-state index contributed by atoms with van der Waals surface area (Å²) in [5, 5.41) is 2.70. The highest BCUT2D eigenvalue weighted by atomic mass is 32.1. The molecule has 5 nitrogen and oxygen atoms in total. The van der Waals surface area contributed by atoms with Crippen LogP contribution in [0.4, 0.5) is 5.69 Å². The van der Waals surface area contributed by atoms with Crippen LogP contribution in [0, 0.1) is 0 Å². The van der Waals surface area contributed by atoms with Crippen molar-refractivity contribution in [1.82, 2.24) is 0 Å². The Morgan fingerprint density at radius 3 is 2.14 bits per heavy atom. The number of hydrogen-bond donors (Lipinski definition) is 1. The van der Waals surface area contributed by atoms with Gasteiger partial charge in [-0.05, 0) is 43.3 Å². The fourth-order valence-electron chi connectivity index (χ4n) is 1.65. The molecule has 0 bridgehead atoms. The predicted octanol–water partition coefficient (Wildman–Crippen LogP) is 2.99. The minimum absolute atomic E-state index is 0.0681. The molecular formula is C15H13NO4S. The van der Waals surface area contributed by atoms with E-state index in [1.54, 1.807) is 36.4 Å². The number of ether oxygens (including phenoxy) is 1. The molecule has 0 unspecified atom stereocenters. The number of rotatable bonds is 4. The van der Waals surface area contributed by atoms with Gasteiger partial charge in [-0.25, -0.2) is 4.79 Å². The molecule has 0 aliphatic carbocycles. The van der Waals surface area contributed by atoms with E-state index in [-0.39, 0.29) is 11.7 Å². The van der Waals surface area contributed by atoms with E-state index >= 15 is 0 Å². The number of hydrogen-bond acceptors (Lipinski definition) is 5. The summed E-state index contributed by atoms with van der Waals surface area (Å²) in [4.78, 5) is 35.5. The van der Waals surface area contributed by atoms with Crippen LogP contribution in [0.5, 0.6) is 0 Å². The number of thiophene rings is 1. The minimum atomic E-state index is -0.433. The highest BCUT2D eigenvalue weighted by Gasteiger charge is 2.12. The van der Waals surface area contributed by atoms with E-state index in [9.17, 15) is 14.4 Å². The lowest BCUT2D eigenvalue weighted by Gasteiger charge is -2.04. The van der Waals surface area contributed by atoms with Gasteiger partial charge in [-0.15, -0.1) is 11.3 Å². The van der Waals surface area contributed by atoms with E-state index in [0.717, 1.165) is 11.3 Å². The predicted molar refractivity (Wildman–Crippen MR) is 80.1 cm³/mol. The van der Waals surface area contributed by atoms with Crippen LogP contribution in [-0.2, 0) is 4.74 Å². The van der Waals surface area contributed by atoms with Crippen LogP contribution in [0.1, 0.15) is 36.6 Å². The molecule has 2 rings (SSSR count). The van der Waals surface area contributed by atoms with Crippen LogP contribution >= 0.6 is 11.3 Å². The van der Waals surface area contributed by atoms with Gasteiger partial charge in [0.05, 0.1) is 22.4 Å². The molecule has 0 radical (unpaired) electrons. The summed E-state index contributed by atoms with van der Waals surface area (Å²) in [5.41, 5.74) is 0.968. The summed E-state index contributed by atoms with van der Waals surface area (Å²) in [7, 11) is 1.31. The van der Waals surface area contributed by atoms with Crippen molar-refractivity contribution in [3.63, 3.8) is 0 Å². The summed E-state index contributed by atoms with van der Waals surface area (Å²) in [5.74, 6) is -0.794. The van der Waals surface area contributed by atoms with E-state index < -0.39 is 5.97 Å². The average molecular weight is 303 g/mol. The fourth-order valence-corrected chi connectivity index (χ4v) is 2.45. The number of methoxy groups -OCH3 is 1. The quantitative estimate of drug-likeness (QED) is 0.696. The van der Waals surface area contributed by atoms with Crippen LogP contribution in [0.3, 0.4) is 0 Å². The van der Waals surface area contributed by atoms with Crippen molar-refractivity contribution in [3.8, 4) is 0 Å². The number of carbonyl (C=O) groups is 3. The maximum atomic E-state index is 12.0. The van der Waals surface area contributed by atoms with Gasteiger partial charge in [0.2, 0.25) is 0 Å². The SMILES string of the molecule is COC(=O)c1ccc(NC(=O)c2ccc(C(C)=O)s2)cc1. The number of esters is 1. The minimum Gasteiger partial charge on any atom is -0.465 e. The van der Waals surface area contributed by atoms with E-state index in [1.165, 1.54) is 14.0 Å². The fraction of sp³-hybridized carbons (Fsp3) is 0.133. The summed E-state index contributed by atoms with van der Waals surface area (Å²) in [6.45, 7) is 1.46. The zero-order valence-corrected chi connectivity index (χ0v) is 12.3. The summed E-state index contributed by atoms with van der Waals surface area (Å²) in [6, 6.07) is 9.60. The molecule has 108 valence electrons. The summed E-state index contributed by atoms with van der Waals surface area (Å²) >= 11 is 1.14. The molecule has 0 fully saturated rings. The number of carbonyl (C=O) groups excluding carboxylic acids is 3. The van der Waals surface area contributed by atoms with Crippen molar-refractivity contribution in [1.29, 1.82) is 0 Å². The van der Waals surface area contributed by atoms with Crippen LogP contribution in [-0.4, -0.2) is 24.8 Å². The molecule has 1 amide bonds. The highest BCUT2D eigenvalue weighted by Crippen LogP contribution is 2.19. The first kappa shape index (κ1) is 14.9. The molecule has 1 aromatic heterocycles. The normalized spacial score (nSPS) is 10.0. The first-order valence-corrected chi connectivity index (χ1v) is 6.93. The lowest BCUT2D eigenvalue weighted by atomic mass is 10.2. The first-order chi connectivity index (χ1) is 10.0. The lowest BCUT2D eigenvalue weighted by molar-refractivity contribution is 0.0600. The average Bonchev–Trinajstić information content (AvgIpc) is 2.97. The Bertz CT molecular complexity index is 688. The van der Waals surface area contributed by atoms with Gasteiger partial charge in [0.15, 0.2) is 5.78 Å². The van der Waals surface area contributed by atoms with E-state index in [0.29, 0.717) is 21.0 Å². The second-order valence-electron chi connectivity index (χ2n) is 4.24. The topological polar surface area (TPSA) is 72.5 Å². The smallest absolute Gasteiger partial charge is 0.337 e. The first-order valence-electron chi connectivity index (χ1n) is 6.12. The van der Waals surface area contributed by atoms with E-state index in [4.69, 9.17) is 0 Å². The monoisotopic (exact) mass is 303 g/mol. The highest BCUT2D eigenvalue weighted by molar-refractivity contribution is 7.16. The Kier molecular flexibility index (Phi) is 4.49. The molecular weight excluding hydrogens is 290 g/mol. The van der Waals surface area contributed by atoms with Gasteiger partial charge >= 0.3 is 5.97 Å². The van der Waals surface area contributed by atoms with Crippen LogP contribution in [0.2, 0.25) is 0 Å². The van der Waals surface area contributed by atoms with Crippen LogP contribution in [0.25, 0.3) is 0 Å². The van der Waals surface area contributed by atoms with Gasteiger partial charge in [-0.3, -0.25) is 9.59 Å². The Labute approximate surface area is 125 Å². The zero-order chi connectivity index (χ0) is 15.4. The molecule has 0 atom stereocenters. The van der Waals surface area contributed by atoms with E-state index in [2.05, 4.69) is 10.1 Å². The van der Waals surface area contributed by atoms with Gasteiger partial charge in [0.1, 0.15) is 0 Å². The Morgan fingerprint density at radius 1 is 1.00 bits per heavy atom. The molecule has 0 saturated carbocycles. The van der Waals surface area contributed by atoms with Gasteiger partial charge in [-0.2, -0.15) is 0 Å². The van der Waals surface area contributed by atoms with Crippen molar-refractivity contribution in [2.45, 2.75) is 6.92 Å². The third-order valence-electron chi connectivity index (χ3n) is 2.74. The standard InChI is InChI=1S/C15H13NO4S/c1-9(17)12-7-8-13(21-12)14(18)16-11-5-3-10(4-6-11)15(19)20-2/h3-8H,1-2H3,(H,16,18). The molecule has 0 aliphatic heterocycles. The third-order valence-corrected chi connectivity index (χ3v) is 3.93. The summed E-state index contributed by atoms with van der Waals surface area (Å²) in [6.07, 6.45) is 0. The number of anilines is 1. The Morgan fingerprint density at radius 2 is 1.62 bits per heavy atom. The largest absolute Gasteiger partial charge is 0.465 e. The number of nitrogens with one attached hydrogen (secondary N) is 1. The number of benzene rings is 1. The van der Waals surface area contributed by atoms with E-state index in [1.807, 2.05) is 0 Å². The second-order valence-corrected chi connectivity index (χ2v) is 5.33. The molecule has 0 aliphatic rings. The number of amides is 1. The van der Waals surface area contributed by atoms with Gasteiger partial charge < -0.3 is 10.1 Å². The molecule has 0 saturated heterocycles.